The Morgan fingerprint density at radius 3 is 2.63 bits per heavy atom. The molecule has 106 valence electrons. The van der Waals surface area contributed by atoms with E-state index in [9.17, 15) is 4.79 Å². The predicted octanol–water partition coefficient (Wildman–Crippen LogP) is 1.17. The molecule has 3 atom stereocenters. The van der Waals surface area contributed by atoms with Gasteiger partial charge in [-0.25, -0.2) is 0 Å². The van der Waals surface area contributed by atoms with Crippen LogP contribution in [0.25, 0.3) is 0 Å². The number of carbonyl (C=O) groups is 1. The molecule has 4 heteroatoms. The first-order valence-corrected chi connectivity index (χ1v) is 8.13. The molecule has 0 radical (unpaired) electrons. The Morgan fingerprint density at radius 1 is 0.947 bits per heavy atom. The average Bonchev–Trinajstić information content (AvgIpc) is 3.11. The summed E-state index contributed by atoms with van der Waals surface area (Å²) in [6, 6.07) is 1.16. The molecule has 3 aliphatic heterocycles. The van der Waals surface area contributed by atoms with Gasteiger partial charge >= 0.3 is 0 Å². The van der Waals surface area contributed by atoms with Crippen LogP contribution in [0.3, 0.4) is 0 Å². The van der Waals surface area contributed by atoms with Gasteiger partial charge in [-0.3, -0.25) is 15.0 Å². The molecule has 0 aromatic rings. The van der Waals surface area contributed by atoms with Crippen molar-refractivity contribution in [1.29, 1.82) is 0 Å². The Bertz CT molecular complexity index is 366. The molecule has 1 saturated carbocycles. The molecule has 4 rings (SSSR count). The molecular weight excluding hydrogens is 238 g/mol. The van der Waals surface area contributed by atoms with Gasteiger partial charge in [-0.15, -0.1) is 0 Å². The normalized spacial score (nSPS) is 40.5. The molecule has 0 bridgehead atoms. The predicted molar refractivity (Wildman–Crippen MR) is 73.6 cm³/mol. The van der Waals surface area contributed by atoms with E-state index in [0.717, 1.165) is 0 Å². The lowest BCUT2D eigenvalue weighted by Crippen LogP contribution is -2.51. The van der Waals surface area contributed by atoms with Crippen LogP contribution >= 0.6 is 0 Å². The zero-order valence-electron chi connectivity index (χ0n) is 11.7. The highest BCUT2D eigenvalue weighted by Crippen LogP contribution is 2.37. The summed E-state index contributed by atoms with van der Waals surface area (Å²) in [5.41, 5.74) is 0. The number of rotatable bonds is 2. The first-order chi connectivity index (χ1) is 9.34. The summed E-state index contributed by atoms with van der Waals surface area (Å²) >= 11 is 0. The summed E-state index contributed by atoms with van der Waals surface area (Å²) < 4.78 is 0. The van der Waals surface area contributed by atoms with Crippen molar-refractivity contribution in [2.75, 3.05) is 19.6 Å². The maximum atomic E-state index is 12.4. The van der Waals surface area contributed by atoms with Crippen LogP contribution in [0.5, 0.6) is 0 Å². The minimum atomic E-state index is 0.348. The van der Waals surface area contributed by atoms with Gasteiger partial charge < -0.3 is 4.90 Å². The highest BCUT2D eigenvalue weighted by molar-refractivity contribution is 5.81. The first kappa shape index (κ1) is 12.2. The monoisotopic (exact) mass is 263 g/mol. The number of fused-ring (bicyclic) bond motifs is 1. The zero-order valence-corrected chi connectivity index (χ0v) is 11.7. The molecule has 1 amide bonds. The lowest BCUT2D eigenvalue weighted by atomic mass is 9.99. The van der Waals surface area contributed by atoms with Gasteiger partial charge in [0.15, 0.2) is 0 Å². The molecule has 0 aromatic heterocycles. The van der Waals surface area contributed by atoms with Crippen molar-refractivity contribution in [1.82, 2.24) is 15.1 Å². The number of hydrogen-bond acceptors (Lipinski definition) is 3. The lowest BCUT2D eigenvalue weighted by Gasteiger charge is -2.36. The molecule has 1 N–H and O–H groups in total. The molecule has 3 saturated heterocycles. The number of hydrogen-bond donors (Lipinski definition) is 1. The van der Waals surface area contributed by atoms with E-state index in [1.807, 2.05) is 0 Å². The van der Waals surface area contributed by atoms with Crippen LogP contribution in [0.4, 0.5) is 0 Å². The molecule has 4 aliphatic rings. The topological polar surface area (TPSA) is 35.6 Å². The lowest BCUT2D eigenvalue weighted by molar-refractivity contribution is -0.131. The van der Waals surface area contributed by atoms with E-state index in [2.05, 4.69) is 15.1 Å². The average molecular weight is 263 g/mol. The van der Waals surface area contributed by atoms with Gasteiger partial charge in [-0.2, -0.15) is 0 Å². The Kier molecular flexibility index (Phi) is 3.03. The SMILES string of the molecule is O=C1CNC(C2CCCC2)N1C1CCN2CCCC12. The molecule has 0 aromatic carbocycles. The molecule has 1 aliphatic carbocycles. The van der Waals surface area contributed by atoms with Crippen molar-refractivity contribution in [2.45, 2.75) is 63.2 Å². The zero-order chi connectivity index (χ0) is 12.8. The summed E-state index contributed by atoms with van der Waals surface area (Å²) in [5, 5.41) is 3.51. The maximum absolute atomic E-state index is 12.4. The van der Waals surface area contributed by atoms with E-state index in [1.165, 1.54) is 58.0 Å². The van der Waals surface area contributed by atoms with E-state index in [4.69, 9.17) is 0 Å². The quantitative estimate of drug-likeness (QED) is 0.812. The highest BCUT2D eigenvalue weighted by Gasteiger charge is 2.47. The van der Waals surface area contributed by atoms with E-state index >= 15 is 0 Å². The Labute approximate surface area is 115 Å². The van der Waals surface area contributed by atoms with Crippen LogP contribution in [0.1, 0.15) is 44.9 Å². The third-order valence-electron chi connectivity index (χ3n) is 5.82. The Balaban J connectivity index is 1.55. The largest absolute Gasteiger partial charge is 0.321 e. The van der Waals surface area contributed by atoms with E-state index < -0.39 is 0 Å². The van der Waals surface area contributed by atoms with Gasteiger partial charge in [-0.1, -0.05) is 12.8 Å². The third kappa shape index (κ3) is 1.91. The fourth-order valence-electron chi connectivity index (χ4n) is 4.98. The molecular formula is C15H25N3O. The van der Waals surface area contributed by atoms with Crippen LogP contribution in [0.2, 0.25) is 0 Å². The summed E-state index contributed by atoms with van der Waals surface area (Å²) in [6.07, 6.45) is 9.49. The number of amides is 1. The van der Waals surface area contributed by atoms with E-state index in [0.29, 0.717) is 36.6 Å². The second kappa shape index (κ2) is 4.74. The van der Waals surface area contributed by atoms with Gasteiger partial charge in [0.25, 0.3) is 0 Å². The van der Waals surface area contributed by atoms with Crippen molar-refractivity contribution in [3.05, 3.63) is 0 Å². The minimum absolute atomic E-state index is 0.348. The minimum Gasteiger partial charge on any atom is -0.321 e. The second-order valence-electron chi connectivity index (χ2n) is 6.77. The van der Waals surface area contributed by atoms with Crippen molar-refractivity contribution < 1.29 is 4.79 Å². The van der Waals surface area contributed by atoms with Crippen LogP contribution in [-0.2, 0) is 4.79 Å². The molecule has 4 fully saturated rings. The standard InChI is InChI=1S/C15H25N3O/c19-14-10-16-15(11-4-1-2-5-11)18(14)13-7-9-17-8-3-6-12(13)17/h11-13,15-16H,1-10H2. The molecule has 19 heavy (non-hydrogen) atoms. The molecule has 3 heterocycles. The fraction of sp³-hybridized carbons (Fsp3) is 0.933. The molecule has 4 nitrogen and oxygen atoms in total. The summed E-state index contributed by atoms with van der Waals surface area (Å²) in [5.74, 6) is 1.07. The number of carbonyl (C=O) groups excluding carboxylic acids is 1. The number of nitrogens with zero attached hydrogens (tertiary/aromatic N) is 2. The smallest absolute Gasteiger partial charge is 0.238 e. The van der Waals surface area contributed by atoms with Crippen molar-refractivity contribution in [3.63, 3.8) is 0 Å². The van der Waals surface area contributed by atoms with Gasteiger partial charge in [-0.05, 0) is 44.6 Å². The van der Waals surface area contributed by atoms with E-state index in [1.54, 1.807) is 0 Å². The van der Waals surface area contributed by atoms with Gasteiger partial charge in [0.05, 0.1) is 18.8 Å². The van der Waals surface area contributed by atoms with Crippen molar-refractivity contribution >= 4 is 5.91 Å². The van der Waals surface area contributed by atoms with Crippen molar-refractivity contribution in [3.8, 4) is 0 Å². The molecule has 3 unspecified atom stereocenters. The van der Waals surface area contributed by atoms with Crippen LogP contribution in [0.15, 0.2) is 0 Å². The maximum Gasteiger partial charge on any atom is 0.238 e. The van der Waals surface area contributed by atoms with Crippen LogP contribution in [0, 0.1) is 5.92 Å². The summed E-state index contributed by atoms with van der Waals surface area (Å²) in [7, 11) is 0. The third-order valence-corrected chi connectivity index (χ3v) is 5.82. The van der Waals surface area contributed by atoms with Crippen LogP contribution < -0.4 is 5.32 Å². The Hall–Kier alpha value is -0.610. The first-order valence-electron chi connectivity index (χ1n) is 8.13. The fourth-order valence-corrected chi connectivity index (χ4v) is 4.98. The highest BCUT2D eigenvalue weighted by atomic mass is 16.2. The summed E-state index contributed by atoms with van der Waals surface area (Å²) in [6.45, 7) is 3.03. The number of nitrogens with one attached hydrogen (secondary N) is 1. The van der Waals surface area contributed by atoms with Gasteiger partial charge in [0.1, 0.15) is 0 Å². The van der Waals surface area contributed by atoms with E-state index in [-0.39, 0.29) is 0 Å². The van der Waals surface area contributed by atoms with Gasteiger partial charge in [0, 0.05) is 12.6 Å². The van der Waals surface area contributed by atoms with Gasteiger partial charge in [0.2, 0.25) is 5.91 Å². The Morgan fingerprint density at radius 2 is 1.79 bits per heavy atom. The van der Waals surface area contributed by atoms with Crippen LogP contribution in [-0.4, -0.2) is 53.6 Å². The summed E-state index contributed by atoms with van der Waals surface area (Å²) in [4.78, 5) is 17.2. The molecule has 0 spiro atoms. The second-order valence-corrected chi connectivity index (χ2v) is 6.77. The van der Waals surface area contributed by atoms with Crippen molar-refractivity contribution in [2.24, 2.45) is 5.92 Å².